The molecule has 4 rings (SSSR count). The number of likely N-dealkylation sites (N-methyl/N-ethyl adjacent to an activating group) is 1. The van der Waals surface area contributed by atoms with Gasteiger partial charge in [0, 0.05) is 46.9 Å². The summed E-state index contributed by atoms with van der Waals surface area (Å²) in [7, 11) is 1.75. The van der Waals surface area contributed by atoms with Crippen LogP contribution in [0.5, 0.6) is 0 Å². The predicted molar refractivity (Wildman–Crippen MR) is 128 cm³/mol. The molecule has 0 aliphatic carbocycles. The van der Waals surface area contributed by atoms with E-state index in [1.165, 1.54) is 41.7 Å². The van der Waals surface area contributed by atoms with Crippen LogP contribution in [0.2, 0.25) is 5.02 Å². The standard InChI is InChI=1S/C21H20ClFN6O2S2/c1-29-18(20(31)27-13-4-5-16(23)15(22)7-13)8-17(28-33-29)19(30)25-10-14-11-26-21(32-14)12-3-2-6-24-9-12/h2-7,9,11,17-18,28H,8,10H2,1H3,(H,25,30)(H,27,31). The molecule has 2 atom stereocenters. The topological polar surface area (TPSA) is 99.2 Å². The maximum Gasteiger partial charge on any atom is 0.242 e. The minimum absolute atomic E-state index is 0.0761. The highest BCUT2D eigenvalue weighted by Gasteiger charge is 2.35. The molecule has 2 unspecified atom stereocenters. The zero-order chi connectivity index (χ0) is 23.4. The molecule has 2 aromatic heterocycles. The summed E-state index contributed by atoms with van der Waals surface area (Å²) in [6, 6.07) is 6.61. The third-order valence-corrected chi connectivity index (χ3v) is 7.21. The fraction of sp³-hybridized carbons (Fsp3) is 0.238. The number of carbonyl (C=O) groups is 2. The van der Waals surface area contributed by atoms with Crippen LogP contribution in [0.3, 0.4) is 0 Å². The zero-order valence-corrected chi connectivity index (χ0v) is 19.8. The van der Waals surface area contributed by atoms with Gasteiger partial charge in [0.15, 0.2) is 0 Å². The average Bonchev–Trinajstić information content (AvgIpc) is 3.30. The number of hydrogen-bond acceptors (Lipinski definition) is 8. The van der Waals surface area contributed by atoms with Crippen molar-refractivity contribution in [2.75, 3.05) is 12.4 Å². The molecule has 3 N–H and O–H groups in total. The second kappa shape index (κ2) is 10.6. The van der Waals surface area contributed by atoms with E-state index in [9.17, 15) is 14.0 Å². The van der Waals surface area contributed by atoms with Crippen molar-refractivity contribution in [1.29, 1.82) is 0 Å². The lowest BCUT2D eigenvalue weighted by molar-refractivity contribution is -0.124. The highest BCUT2D eigenvalue weighted by molar-refractivity contribution is 7.95. The summed E-state index contributed by atoms with van der Waals surface area (Å²) in [6.07, 6.45) is 5.44. The van der Waals surface area contributed by atoms with E-state index in [2.05, 4.69) is 25.3 Å². The first-order chi connectivity index (χ1) is 15.9. The number of hydrogen-bond donors (Lipinski definition) is 3. The summed E-state index contributed by atoms with van der Waals surface area (Å²) in [5.41, 5.74) is 1.31. The number of pyridine rings is 1. The third-order valence-electron chi connectivity index (χ3n) is 4.94. The number of halogens is 2. The zero-order valence-electron chi connectivity index (χ0n) is 17.4. The van der Waals surface area contributed by atoms with Crippen LogP contribution in [0.15, 0.2) is 48.9 Å². The second-order valence-corrected chi connectivity index (χ2v) is 9.79. The number of nitrogens with one attached hydrogen (secondary N) is 3. The van der Waals surface area contributed by atoms with Gasteiger partial charge in [-0.05, 0) is 43.8 Å². The first-order valence-corrected chi connectivity index (χ1v) is 11.9. The van der Waals surface area contributed by atoms with Gasteiger partial charge in [-0.3, -0.25) is 14.6 Å². The fourth-order valence-electron chi connectivity index (χ4n) is 3.17. The van der Waals surface area contributed by atoms with Crippen molar-refractivity contribution in [3.63, 3.8) is 0 Å². The fourth-order valence-corrected chi connectivity index (χ4v) is 5.00. The molecule has 1 saturated heterocycles. The van der Waals surface area contributed by atoms with Gasteiger partial charge in [0.1, 0.15) is 16.9 Å². The monoisotopic (exact) mass is 506 g/mol. The van der Waals surface area contributed by atoms with Gasteiger partial charge in [0.2, 0.25) is 11.8 Å². The van der Waals surface area contributed by atoms with Crippen LogP contribution >= 0.6 is 35.1 Å². The molecule has 1 aromatic carbocycles. The Kier molecular flexibility index (Phi) is 7.56. The highest BCUT2D eigenvalue weighted by Crippen LogP contribution is 2.26. The lowest BCUT2D eigenvalue weighted by atomic mass is 10.1. The van der Waals surface area contributed by atoms with Gasteiger partial charge in [-0.25, -0.2) is 18.4 Å². The number of benzene rings is 1. The lowest BCUT2D eigenvalue weighted by Crippen LogP contribution is -2.53. The quantitative estimate of drug-likeness (QED) is 0.440. The molecule has 8 nitrogen and oxygen atoms in total. The molecule has 0 saturated carbocycles. The van der Waals surface area contributed by atoms with E-state index in [-0.39, 0.29) is 23.3 Å². The van der Waals surface area contributed by atoms with E-state index in [0.29, 0.717) is 12.2 Å². The van der Waals surface area contributed by atoms with Crippen molar-refractivity contribution in [2.45, 2.75) is 25.0 Å². The SMILES string of the molecule is CN1SNC(C(=O)NCc2cnc(-c3cccnc3)s2)CC1C(=O)Nc1ccc(F)c(Cl)c1. The third kappa shape index (κ3) is 5.87. The van der Waals surface area contributed by atoms with Gasteiger partial charge >= 0.3 is 0 Å². The predicted octanol–water partition coefficient (Wildman–Crippen LogP) is 3.48. The van der Waals surface area contributed by atoms with Gasteiger partial charge in [-0.2, -0.15) is 0 Å². The Morgan fingerprint density at radius 2 is 2.15 bits per heavy atom. The number of anilines is 1. The van der Waals surface area contributed by atoms with Crippen molar-refractivity contribution in [3.8, 4) is 10.6 Å². The molecule has 3 heterocycles. The molecule has 0 spiro atoms. The number of amides is 2. The molecule has 0 radical (unpaired) electrons. The number of thiazole rings is 1. The minimum atomic E-state index is -0.573. The van der Waals surface area contributed by atoms with E-state index in [4.69, 9.17) is 11.6 Å². The second-order valence-electron chi connectivity index (χ2n) is 7.27. The molecule has 12 heteroatoms. The maximum atomic E-state index is 13.4. The normalized spacial score (nSPS) is 18.6. The highest BCUT2D eigenvalue weighted by atomic mass is 35.5. The largest absolute Gasteiger partial charge is 0.350 e. The number of nitrogens with zero attached hydrogens (tertiary/aromatic N) is 3. The Hall–Kier alpha value is -2.57. The summed E-state index contributed by atoms with van der Waals surface area (Å²) < 4.78 is 18.2. The van der Waals surface area contributed by atoms with Crippen LogP contribution in [0.4, 0.5) is 10.1 Å². The Morgan fingerprint density at radius 3 is 2.91 bits per heavy atom. The van der Waals surface area contributed by atoms with Gasteiger partial charge < -0.3 is 10.6 Å². The van der Waals surface area contributed by atoms with Crippen molar-refractivity contribution in [2.24, 2.45) is 0 Å². The van der Waals surface area contributed by atoms with Crippen molar-refractivity contribution in [1.82, 2.24) is 24.3 Å². The summed E-state index contributed by atoms with van der Waals surface area (Å²) in [5.74, 6) is -1.08. The summed E-state index contributed by atoms with van der Waals surface area (Å²) in [4.78, 5) is 34.9. The van der Waals surface area contributed by atoms with Crippen molar-refractivity contribution < 1.29 is 14.0 Å². The van der Waals surface area contributed by atoms with Gasteiger partial charge in [0.25, 0.3) is 0 Å². The van der Waals surface area contributed by atoms with Gasteiger partial charge in [-0.15, -0.1) is 11.3 Å². The Morgan fingerprint density at radius 1 is 1.30 bits per heavy atom. The number of aromatic nitrogens is 2. The Balaban J connectivity index is 1.33. The maximum absolute atomic E-state index is 13.4. The van der Waals surface area contributed by atoms with E-state index in [1.807, 2.05) is 12.1 Å². The molecule has 0 bridgehead atoms. The molecule has 33 heavy (non-hydrogen) atoms. The summed E-state index contributed by atoms with van der Waals surface area (Å²) in [6.45, 7) is 0.334. The molecular weight excluding hydrogens is 487 g/mol. The molecule has 1 aliphatic heterocycles. The van der Waals surface area contributed by atoms with E-state index in [1.54, 1.807) is 29.9 Å². The van der Waals surface area contributed by atoms with E-state index < -0.39 is 17.9 Å². The number of rotatable bonds is 6. The Bertz CT molecular complexity index is 1150. The van der Waals surface area contributed by atoms with Gasteiger partial charge in [-0.1, -0.05) is 11.6 Å². The molecule has 3 aromatic rings. The molecule has 1 aliphatic rings. The molecule has 172 valence electrons. The van der Waals surface area contributed by atoms with Crippen LogP contribution in [-0.2, 0) is 16.1 Å². The van der Waals surface area contributed by atoms with Crippen molar-refractivity contribution in [3.05, 3.63) is 64.6 Å². The van der Waals surface area contributed by atoms with Crippen LogP contribution in [0.1, 0.15) is 11.3 Å². The number of carbonyl (C=O) groups excluding carboxylic acids is 2. The van der Waals surface area contributed by atoms with Gasteiger partial charge in [0.05, 0.1) is 17.6 Å². The minimum Gasteiger partial charge on any atom is -0.350 e. The van der Waals surface area contributed by atoms with Crippen LogP contribution in [-0.4, -0.2) is 45.2 Å². The van der Waals surface area contributed by atoms with E-state index in [0.717, 1.165) is 15.4 Å². The molecule has 1 fully saturated rings. The smallest absolute Gasteiger partial charge is 0.242 e. The first kappa shape index (κ1) is 23.6. The summed E-state index contributed by atoms with van der Waals surface area (Å²) in [5, 5.41) is 6.39. The summed E-state index contributed by atoms with van der Waals surface area (Å²) >= 11 is 8.46. The van der Waals surface area contributed by atoms with Crippen LogP contribution in [0, 0.1) is 5.82 Å². The van der Waals surface area contributed by atoms with Crippen LogP contribution < -0.4 is 15.4 Å². The Labute approximate surface area is 203 Å². The molecular formula is C21H20ClFN6O2S2. The van der Waals surface area contributed by atoms with Crippen molar-refractivity contribution >= 4 is 52.6 Å². The van der Waals surface area contributed by atoms with E-state index >= 15 is 0 Å². The first-order valence-electron chi connectivity index (χ1n) is 9.95. The average molecular weight is 507 g/mol. The van der Waals surface area contributed by atoms with Crippen LogP contribution in [0.25, 0.3) is 10.6 Å². The lowest BCUT2D eigenvalue weighted by Gasteiger charge is -2.34. The molecule has 2 amide bonds.